The summed E-state index contributed by atoms with van der Waals surface area (Å²) >= 11 is -2.61. The van der Waals surface area contributed by atoms with Crippen LogP contribution in [-0.4, -0.2) is 128 Å². The molecule has 37 heavy (non-hydrogen) atoms. The molecule has 0 aromatic heterocycles. The molecule has 0 spiro atoms. The third-order valence-corrected chi connectivity index (χ3v) is 2.76. The third-order valence-electron chi connectivity index (χ3n) is 2.76. The predicted octanol–water partition coefficient (Wildman–Crippen LogP) is -6.77. The Kier molecular flexibility index (Phi) is 27.1. The van der Waals surface area contributed by atoms with Crippen molar-refractivity contribution in [3.8, 4) is 0 Å². The van der Waals surface area contributed by atoms with Gasteiger partial charge in [0.25, 0.3) is 11.4 Å². The average molecular weight is 606 g/mol. The maximum atomic E-state index is 10.5. The molecule has 0 saturated heterocycles. The molecule has 0 amide bonds. The standard InChI is InChI=1S/C6H8O7.C6H8O6.Na.H3O4P.H2O3S.H2O2.H/c7-3(8)1-6(13,5(11)12)2-4(9)10;7-1-2(8)5-3(9)4(10)6(11)12-5;;1-5(2,3)4;1-4(2)3;1-2;/h13H,1-2H2,(H,7,8)(H,9,10)(H,11,12);2,5,7-10H,1H2;;(H3,1,2,3,4);(H2,1,2,3);1-2H;/q;;+1;;;;-1/t;2-,5+;;;;;/m.0...../s1. The summed E-state index contributed by atoms with van der Waals surface area (Å²) in [5.74, 6) is -7.80. The monoisotopic (exact) mass is 606 g/mol. The van der Waals surface area contributed by atoms with Crippen molar-refractivity contribution in [1.82, 2.24) is 0 Å². The van der Waals surface area contributed by atoms with Crippen LogP contribution in [0.3, 0.4) is 0 Å². The largest absolute Gasteiger partial charge is 1.00 e. The summed E-state index contributed by atoms with van der Waals surface area (Å²) in [4.78, 5) is 62.6. The van der Waals surface area contributed by atoms with Crippen LogP contribution in [0.4, 0.5) is 0 Å². The Morgan fingerprint density at radius 1 is 1.03 bits per heavy atom. The Hall–Kier alpha value is -1.80. The summed E-state index contributed by atoms with van der Waals surface area (Å²) in [6.45, 7) is -0.671. The Balaban J connectivity index is -0.0000000943. The van der Waals surface area contributed by atoms with Crippen LogP contribution >= 0.6 is 7.82 Å². The first-order valence-corrected chi connectivity index (χ1v) is 10.5. The van der Waals surface area contributed by atoms with Crippen LogP contribution in [0.25, 0.3) is 0 Å². The fourth-order valence-electron chi connectivity index (χ4n) is 1.54. The van der Waals surface area contributed by atoms with Crippen molar-refractivity contribution >= 4 is 43.1 Å². The van der Waals surface area contributed by atoms with Crippen molar-refractivity contribution in [3.63, 3.8) is 0 Å². The van der Waals surface area contributed by atoms with Crippen molar-refractivity contribution in [3.05, 3.63) is 11.5 Å². The van der Waals surface area contributed by atoms with Crippen LogP contribution in [0.2, 0.25) is 0 Å². The fourth-order valence-corrected chi connectivity index (χ4v) is 1.54. The van der Waals surface area contributed by atoms with E-state index in [1.54, 1.807) is 0 Å². The number of carboxylic acids is 3. The maximum Gasteiger partial charge on any atom is 1.00 e. The molecule has 0 saturated carbocycles. The number of aliphatic hydroxyl groups excluding tert-OH is 4. The molecular formula is C12H24NaO22PS. The first kappa shape index (κ1) is 45.1. The van der Waals surface area contributed by atoms with Crippen molar-refractivity contribution in [2.24, 2.45) is 0 Å². The van der Waals surface area contributed by atoms with Crippen LogP contribution in [0, 0.1) is 0 Å². The molecule has 2 atom stereocenters. The van der Waals surface area contributed by atoms with Crippen molar-refractivity contribution in [2.75, 3.05) is 6.61 Å². The second kappa shape index (κ2) is 22.2. The summed E-state index contributed by atoms with van der Waals surface area (Å²) in [7, 11) is -4.64. The number of aliphatic hydroxyl groups is 5. The number of ether oxygens (including phenoxy) is 1. The van der Waals surface area contributed by atoms with E-state index < -0.39 is 91.8 Å². The van der Waals surface area contributed by atoms with Gasteiger partial charge in [-0.1, -0.05) is 0 Å². The molecule has 25 heteroatoms. The molecule has 1 rings (SSSR count). The summed E-state index contributed by atoms with van der Waals surface area (Å²) in [6, 6.07) is 0. The molecule has 22 nitrogen and oxygen atoms in total. The van der Waals surface area contributed by atoms with E-state index >= 15 is 0 Å². The summed E-state index contributed by atoms with van der Waals surface area (Å²) in [5.41, 5.74) is -2.74. The number of rotatable bonds is 7. The van der Waals surface area contributed by atoms with E-state index in [1.807, 2.05) is 0 Å². The van der Waals surface area contributed by atoms with Gasteiger partial charge in [-0.2, -0.15) is 4.21 Å². The zero-order chi connectivity index (χ0) is 30.0. The normalized spacial score (nSPS) is 14.9. The van der Waals surface area contributed by atoms with Gasteiger partial charge in [0.2, 0.25) is 5.76 Å². The van der Waals surface area contributed by atoms with Gasteiger partial charge < -0.3 is 61.7 Å². The van der Waals surface area contributed by atoms with Crippen LogP contribution in [0.15, 0.2) is 11.5 Å². The van der Waals surface area contributed by atoms with Crippen molar-refractivity contribution in [2.45, 2.75) is 30.7 Å². The van der Waals surface area contributed by atoms with Crippen LogP contribution in [0.1, 0.15) is 14.3 Å². The fraction of sp³-hybridized carbons (Fsp3) is 0.500. The van der Waals surface area contributed by atoms with E-state index in [9.17, 15) is 19.2 Å². The van der Waals surface area contributed by atoms with Crippen molar-refractivity contribution in [1.29, 1.82) is 0 Å². The topological polar surface area (TPSA) is 415 Å². The van der Waals surface area contributed by atoms with Gasteiger partial charge in [0.15, 0.2) is 17.5 Å². The summed E-state index contributed by atoms with van der Waals surface area (Å²) in [6.07, 6.45) is -5.07. The van der Waals surface area contributed by atoms with E-state index in [0.717, 1.165) is 0 Å². The second-order valence-corrected chi connectivity index (χ2v) is 7.02. The number of hydrogen-bond acceptors (Lipinski definition) is 14. The van der Waals surface area contributed by atoms with Gasteiger partial charge in [-0.25, -0.2) is 14.2 Å². The van der Waals surface area contributed by atoms with E-state index in [1.165, 1.54) is 0 Å². The molecule has 0 unspecified atom stereocenters. The number of carboxylic acid groups (broad SMARTS) is 3. The minimum absolute atomic E-state index is 0. The molecule has 15 N–H and O–H groups in total. The van der Waals surface area contributed by atoms with E-state index in [2.05, 4.69) is 4.74 Å². The van der Waals surface area contributed by atoms with Crippen LogP contribution in [-0.2, 0) is 39.8 Å². The van der Waals surface area contributed by atoms with Gasteiger partial charge >= 0.3 is 61.3 Å². The molecular weight excluding hydrogens is 582 g/mol. The average Bonchev–Trinajstić information content (AvgIpc) is 2.94. The minimum atomic E-state index is -4.64. The molecule has 1 aliphatic heterocycles. The number of aliphatic carboxylic acids is 3. The Labute approximate surface area is 230 Å². The molecule has 0 aliphatic carbocycles. The van der Waals surface area contributed by atoms with E-state index in [0.29, 0.717) is 0 Å². The Morgan fingerprint density at radius 3 is 1.49 bits per heavy atom. The molecule has 0 fully saturated rings. The maximum absolute atomic E-state index is 10.5. The van der Waals surface area contributed by atoms with Gasteiger partial charge in [0.05, 0.1) is 19.4 Å². The van der Waals surface area contributed by atoms with Crippen LogP contribution < -0.4 is 29.6 Å². The summed E-state index contributed by atoms with van der Waals surface area (Å²) in [5, 5.41) is 80.9. The number of carbonyl (C=O) groups excluding carboxylic acids is 1. The minimum Gasteiger partial charge on any atom is -1.00 e. The first-order valence-electron chi connectivity index (χ1n) is 7.88. The van der Waals surface area contributed by atoms with Gasteiger partial charge in [-0.05, 0) is 0 Å². The van der Waals surface area contributed by atoms with Gasteiger partial charge in [-0.15, -0.1) is 0 Å². The zero-order valence-electron chi connectivity index (χ0n) is 19.2. The molecule has 0 radical (unpaired) electrons. The third kappa shape index (κ3) is 27.1. The molecule has 0 aromatic carbocycles. The number of phosphoric acid groups is 1. The number of hydrogen-bond donors (Lipinski definition) is 15. The molecule has 1 aliphatic rings. The molecule has 216 valence electrons. The van der Waals surface area contributed by atoms with E-state index in [-0.39, 0.29) is 31.0 Å². The molecule has 0 aromatic rings. The number of carbonyl (C=O) groups is 4. The Morgan fingerprint density at radius 2 is 1.32 bits per heavy atom. The zero-order valence-corrected chi connectivity index (χ0v) is 21.9. The second-order valence-electron chi connectivity index (χ2n) is 5.53. The van der Waals surface area contributed by atoms with Crippen LogP contribution in [0.5, 0.6) is 0 Å². The molecule has 0 bridgehead atoms. The predicted molar refractivity (Wildman–Crippen MR) is 106 cm³/mol. The summed E-state index contributed by atoms with van der Waals surface area (Å²) < 4.78 is 36.0. The van der Waals surface area contributed by atoms with Gasteiger partial charge in [-0.3, -0.25) is 29.2 Å². The quantitative estimate of drug-likeness (QED) is 0.0319. The number of cyclic esters (lactones) is 1. The van der Waals surface area contributed by atoms with Gasteiger partial charge in [0.1, 0.15) is 6.10 Å². The first-order chi connectivity index (χ1) is 16.1. The smallest absolute Gasteiger partial charge is 1.00 e. The molecule has 1 heterocycles. The van der Waals surface area contributed by atoms with Gasteiger partial charge in [0, 0.05) is 0 Å². The number of esters is 1. The Bertz CT molecular complexity index is 801. The van der Waals surface area contributed by atoms with Crippen molar-refractivity contribution < 1.29 is 139 Å². The van der Waals surface area contributed by atoms with E-state index in [4.69, 9.17) is 83.9 Å². The SMILES string of the molecule is O=C(O)CC(O)(CC(=O)O)C(=O)O.O=C1O[C@H]([C@@H](O)CO)C(O)=C1O.O=P(O)(O)O.O=S(O)O.OO.[H-].[Na+].